The highest BCUT2D eigenvalue weighted by Crippen LogP contribution is 2.24. The van der Waals surface area contributed by atoms with Gasteiger partial charge in [0.15, 0.2) is 0 Å². The number of piperidine rings is 1. The number of carbonyl (C=O) groups excluding carboxylic acids is 1. The summed E-state index contributed by atoms with van der Waals surface area (Å²) < 4.78 is 6.44. The van der Waals surface area contributed by atoms with Crippen LogP contribution in [-0.4, -0.2) is 85.5 Å². The zero-order valence-electron chi connectivity index (χ0n) is 17.2. The second-order valence-electron chi connectivity index (χ2n) is 7.96. The third kappa shape index (κ3) is 5.54. The summed E-state index contributed by atoms with van der Waals surface area (Å²) in [5.41, 5.74) is 0.744. The number of methoxy groups -OCH3 is 1. The number of nitrogens with zero attached hydrogens (tertiary/aromatic N) is 5. The van der Waals surface area contributed by atoms with Gasteiger partial charge in [0.1, 0.15) is 0 Å². The maximum atomic E-state index is 12.8. The van der Waals surface area contributed by atoms with Crippen LogP contribution in [0.2, 0.25) is 0 Å². The average Bonchev–Trinajstić information content (AvgIpc) is 2.92. The lowest BCUT2D eigenvalue weighted by atomic mass is 9.94. The van der Waals surface area contributed by atoms with E-state index in [1.165, 1.54) is 4.68 Å². The van der Waals surface area contributed by atoms with E-state index < -0.39 is 0 Å². The van der Waals surface area contributed by atoms with Gasteiger partial charge in [-0.2, -0.15) is 5.10 Å². The van der Waals surface area contributed by atoms with Crippen LogP contribution in [0, 0.1) is 5.92 Å². The highest BCUT2D eigenvalue weighted by molar-refractivity contribution is 5.76. The molecule has 1 aromatic rings. The number of anilines is 1. The minimum Gasteiger partial charge on any atom is -0.383 e. The first-order valence-electron chi connectivity index (χ1n) is 10.3. The van der Waals surface area contributed by atoms with Gasteiger partial charge in [0.25, 0.3) is 5.56 Å². The van der Waals surface area contributed by atoms with Crippen LogP contribution in [-0.2, 0) is 16.1 Å². The molecule has 8 heteroatoms. The lowest BCUT2D eigenvalue weighted by Gasteiger charge is -2.34. The SMILES string of the molecule is COCCn1ncc(N2CCCC(CC(=O)N3CCCN(C)CC3)C2)cc1=O. The number of aromatic nitrogens is 2. The van der Waals surface area contributed by atoms with Crippen LogP contribution in [0.15, 0.2) is 17.1 Å². The van der Waals surface area contributed by atoms with Crippen molar-refractivity contribution in [3.8, 4) is 0 Å². The monoisotopic (exact) mass is 391 g/mol. The maximum absolute atomic E-state index is 12.8. The third-order valence-electron chi connectivity index (χ3n) is 5.78. The van der Waals surface area contributed by atoms with Gasteiger partial charge in [-0.1, -0.05) is 0 Å². The molecule has 0 bridgehead atoms. The van der Waals surface area contributed by atoms with Crippen LogP contribution in [0.1, 0.15) is 25.7 Å². The van der Waals surface area contributed by atoms with E-state index in [1.54, 1.807) is 19.4 Å². The summed E-state index contributed by atoms with van der Waals surface area (Å²) in [6, 6.07) is 1.65. The van der Waals surface area contributed by atoms with E-state index >= 15 is 0 Å². The van der Waals surface area contributed by atoms with Gasteiger partial charge in [-0.3, -0.25) is 9.59 Å². The molecule has 1 atom stereocenters. The third-order valence-corrected chi connectivity index (χ3v) is 5.78. The minimum absolute atomic E-state index is 0.110. The van der Waals surface area contributed by atoms with E-state index in [0.29, 0.717) is 25.5 Å². The van der Waals surface area contributed by atoms with Crippen molar-refractivity contribution in [1.29, 1.82) is 0 Å². The summed E-state index contributed by atoms with van der Waals surface area (Å²) in [7, 11) is 3.72. The van der Waals surface area contributed by atoms with Crippen LogP contribution >= 0.6 is 0 Å². The molecule has 156 valence electrons. The van der Waals surface area contributed by atoms with Gasteiger partial charge in [-0.15, -0.1) is 0 Å². The summed E-state index contributed by atoms with van der Waals surface area (Å²) in [6.45, 7) is 6.34. The van der Waals surface area contributed by atoms with Gasteiger partial charge in [0.2, 0.25) is 5.91 Å². The number of amides is 1. The lowest BCUT2D eigenvalue weighted by Crippen LogP contribution is -2.40. The fourth-order valence-corrected chi connectivity index (χ4v) is 4.08. The Bertz CT molecular complexity index is 707. The van der Waals surface area contributed by atoms with E-state index in [1.807, 2.05) is 4.90 Å². The highest BCUT2D eigenvalue weighted by atomic mass is 16.5. The largest absolute Gasteiger partial charge is 0.383 e. The summed E-state index contributed by atoms with van der Waals surface area (Å²) in [4.78, 5) is 31.6. The lowest BCUT2D eigenvalue weighted by molar-refractivity contribution is -0.132. The molecule has 0 N–H and O–H groups in total. The predicted octanol–water partition coefficient (Wildman–Crippen LogP) is 0.660. The van der Waals surface area contributed by atoms with Crippen LogP contribution in [0.25, 0.3) is 0 Å². The molecule has 0 aromatic carbocycles. The summed E-state index contributed by atoms with van der Waals surface area (Å²) >= 11 is 0. The van der Waals surface area contributed by atoms with Gasteiger partial charge in [0.05, 0.1) is 25.0 Å². The molecule has 0 aliphatic carbocycles. The molecule has 2 fully saturated rings. The van der Waals surface area contributed by atoms with Crippen LogP contribution < -0.4 is 10.5 Å². The van der Waals surface area contributed by atoms with Crippen molar-refractivity contribution in [2.45, 2.75) is 32.2 Å². The fraction of sp³-hybridized carbons (Fsp3) is 0.750. The summed E-state index contributed by atoms with van der Waals surface area (Å²) in [6.07, 6.45) is 5.50. The second kappa shape index (κ2) is 10.0. The quantitative estimate of drug-likeness (QED) is 0.710. The smallest absolute Gasteiger partial charge is 0.268 e. The molecule has 2 aliphatic rings. The Balaban J connectivity index is 1.57. The van der Waals surface area contributed by atoms with Crippen LogP contribution in [0.3, 0.4) is 0 Å². The van der Waals surface area contributed by atoms with Gasteiger partial charge in [-0.05, 0) is 38.8 Å². The Hall–Kier alpha value is -1.93. The molecule has 2 saturated heterocycles. The van der Waals surface area contributed by atoms with Crippen LogP contribution in [0.4, 0.5) is 5.69 Å². The first-order valence-corrected chi connectivity index (χ1v) is 10.3. The first-order chi connectivity index (χ1) is 13.6. The molecular formula is C20H33N5O3. The molecule has 2 aliphatic heterocycles. The Labute approximate surface area is 167 Å². The number of rotatable bonds is 6. The van der Waals surface area contributed by atoms with Crippen LogP contribution in [0.5, 0.6) is 0 Å². The number of hydrogen-bond acceptors (Lipinski definition) is 6. The molecule has 1 amide bonds. The predicted molar refractivity (Wildman–Crippen MR) is 109 cm³/mol. The fourth-order valence-electron chi connectivity index (χ4n) is 4.08. The van der Waals surface area contributed by atoms with Gasteiger partial charge >= 0.3 is 0 Å². The Morgan fingerprint density at radius 1 is 1.21 bits per heavy atom. The number of hydrogen-bond donors (Lipinski definition) is 0. The van der Waals surface area contributed by atoms with Crippen molar-refractivity contribution in [3.05, 3.63) is 22.6 Å². The molecule has 3 rings (SSSR count). The van der Waals surface area contributed by atoms with E-state index in [9.17, 15) is 9.59 Å². The second-order valence-corrected chi connectivity index (χ2v) is 7.96. The Morgan fingerprint density at radius 2 is 2.07 bits per heavy atom. The Kier molecular flexibility index (Phi) is 7.44. The highest BCUT2D eigenvalue weighted by Gasteiger charge is 2.26. The molecule has 0 radical (unpaired) electrons. The van der Waals surface area contributed by atoms with Crippen molar-refractivity contribution in [1.82, 2.24) is 19.6 Å². The number of carbonyl (C=O) groups is 1. The average molecular weight is 392 g/mol. The molecule has 8 nitrogen and oxygen atoms in total. The first kappa shape index (κ1) is 20.8. The number of likely N-dealkylation sites (N-methyl/N-ethyl adjacent to an activating group) is 1. The van der Waals surface area contributed by atoms with Crippen molar-refractivity contribution in [2.75, 3.05) is 64.9 Å². The maximum Gasteiger partial charge on any atom is 0.268 e. The standard InChI is InChI=1S/C20H33N5O3/c1-22-6-4-8-23(10-9-22)19(26)13-17-5-3-7-24(16-17)18-14-20(27)25(21-15-18)11-12-28-2/h14-15,17H,3-13,16H2,1-2H3. The normalized spacial score (nSPS) is 21.6. The molecular weight excluding hydrogens is 358 g/mol. The van der Waals surface area contributed by atoms with Crippen molar-refractivity contribution in [2.24, 2.45) is 5.92 Å². The summed E-state index contributed by atoms with van der Waals surface area (Å²) in [5.74, 6) is 0.605. The van der Waals surface area contributed by atoms with E-state index in [0.717, 1.165) is 64.2 Å². The molecule has 3 heterocycles. The van der Waals surface area contributed by atoms with E-state index in [-0.39, 0.29) is 11.5 Å². The topological polar surface area (TPSA) is 70.9 Å². The summed E-state index contributed by atoms with van der Waals surface area (Å²) in [5, 5.41) is 4.27. The van der Waals surface area contributed by atoms with Crippen molar-refractivity contribution < 1.29 is 9.53 Å². The molecule has 1 aromatic heterocycles. The molecule has 28 heavy (non-hydrogen) atoms. The van der Waals surface area contributed by atoms with E-state index in [4.69, 9.17) is 4.74 Å². The van der Waals surface area contributed by atoms with Gasteiger partial charge in [0, 0.05) is 52.3 Å². The molecule has 0 spiro atoms. The zero-order valence-corrected chi connectivity index (χ0v) is 17.2. The van der Waals surface area contributed by atoms with Gasteiger partial charge in [-0.25, -0.2) is 4.68 Å². The minimum atomic E-state index is -0.110. The number of ether oxygens (including phenoxy) is 1. The zero-order chi connectivity index (χ0) is 19.9. The van der Waals surface area contributed by atoms with Gasteiger partial charge < -0.3 is 19.4 Å². The molecule has 1 unspecified atom stereocenters. The molecule has 0 saturated carbocycles. The van der Waals surface area contributed by atoms with E-state index in [2.05, 4.69) is 21.9 Å². The van der Waals surface area contributed by atoms with Crippen molar-refractivity contribution in [3.63, 3.8) is 0 Å². The Morgan fingerprint density at radius 3 is 2.86 bits per heavy atom. The van der Waals surface area contributed by atoms with Crippen molar-refractivity contribution >= 4 is 11.6 Å².